The maximum absolute atomic E-state index is 12.6. The van der Waals surface area contributed by atoms with E-state index in [2.05, 4.69) is 25.5 Å². The summed E-state index contributed by atoms with van der Waals surface area (Å²) in [5.74, 6) is 1.93. The zero-order chi connectivity index (χ0) is 19.1. The summed E-state index contributed by atoms with van der Waals surface area (Å²) in [5.41, 5.74) is 0.782. The summed E-state index contributed by atoms with van der Waals surface area (Å²) in [6, 6.07) is 6.82. The van der Waals surface area contributed by atoms with E-state index in [1.165, 1.54) is 0 Å². The second-order valence-corrected chi connectivity index (χ2v) is 5.94. The fourth-order valence-electron chi connectivity index (χ4n) is 2.28. The highest BCUT2D eigenvalue weighted by atomic mass is 16.5. The van der Waals surface area contributed by atoms with Crippen LogP contribution in [0, 0.1) is 6.92 Å². The van der Waals surface area contributed by atoms with Gasteiger partial charge in [0.15, 0.2) is 0 Å². The van der Waals surface area contributed by atoms with Crippen molar-refractivity contribution >= 4 is 17.4 Å². The second kappa shape index (κ2) is 9.00. The molecule has 2 rings (SSSR count). The van der Waals surface area contributed by atoms with Crippen LogP contribution in [0.4, 0.5) is 11.5 Å². The lowest BCUT2D eigenvalue weighted by molar-refractivity contribution is 0.102. The molecule has 1 heterocycles. The molecule has 1 aromatic carbocycles. The van der Waals surface area contributed by atoms with Gasteiger partial charge < -0.3 is 25.0 Å². The van der Waals surface area contributed by atoms with Crippen LogP contribution in [-0.4, -0.2) is 62.2 Å². The average molecular weight is 359 g/mol. The van der Waals surface area contributed by atoms with Crippen LogP contribution in [-0.2, 0) is 0 Å². The van der Waals surface area contributed by atoms with Gasteiger partial charge in [0.2, 0.25) is 0 Å². The van der Waals surface area contributed by atoms with Crippen LogP contribution in [0.5, 0.6) is 11.5 Å². The topological polar surface area (TPSA) is 88.6 Å². The van der Waals surface area contributed by atoms with Gasteiger partial charge >= 0.3 is 0 Å². The standard InChI is InChI=1S/C18H25N5O3/c1-12-20-15(11-17(21-12)19-8-9-23(2)3)18(24)22-14-10-13(25-4)6-7-16(14)26-5/h6-7,10-11H,8-9H2,1-5H3,(H,22,24)(H,19,20,21). The molecule has 0 radical (unpaired) electrons. The first kappa shape index (κ1) is 19.5. The van der Waals surface area contributed by atoms with Crippen molar-refractivity contribution in [1.29, 1.82) is 0 Å². The third-order valence-electron chi connectivity index (χ3n) is 3.59. The predicted octanol–water partition coefficient (Wildman–Crippen LogP) is 2.03. The molecule has 0 saturated heterocycles. The fraction of sp³-hybridized carbons (Fsp3) is 0.389. The third-order valence-corrected chi connectivity index (χ3v) is 3.59. The lowest BCUT2D eigenvalue weighted by Crippen LogP contribution is -2.22. The van der Waals surface area contributed by atoms with E-state index in [0.717, 1.165) is 6.54 Å². The summed E-state index contributed by atoms with van der Waals surface area (Å²) in [7, 11) is 7.09. The minimum Gasteiger partial charge on any atom is -0.497 e. The van der Waals surface area contributed by atoms with Gasteiger partial charge in [-0.05, 0) is 33.2 Å². The van der Waals surface area contributed by atoms with E-state index in [1.54, 1.807) is 45.4 Å². The van der Waals surface area contributed by atoms with Crippen molar-refractivity contribution in [3.63, 3.8) is 0 Å². The molecule has 0 fully saturated rings. The zero-order valence-electron chi connectivity index (χ0n) is 15.8. The molecule has 0 bridgehead atoms. The number of benzene rings is 1. The average Bonchev–Trinajstić information content (AvgIpc) is 2.60. The smallest absolute Gasteiger partial charge is 0.274 e. The van der Waals surface area contributed by atoms with Crippen LogP contribution in [0.1, 0.15) is 16.3 Å². The van der Waals surface area contributed by atoms with Crippen LogP contribution >= 0.6 is 0 Å². The molecule has 1 aromatic heterocycles. The van der Waals surface area contributed by atoms with Crippen molar-refractivity contribution in [2.75, 3.05) is 52.0 Å². The highest BCUT2D eigenvalue weighted by molar-refractivity contribution is 6.04. The van der Waals surface area contributed by atoms with E-state index in [4.69, 9.17) is 9.47 Å². The van der Waals surface area contributed by atoms with Crippen molar-refractivity contribution in [2.45, 2.75) is 6.92 Å². The Bertz CT molecular complexity index is 764. The molecular formula is C18H25N5O3. The van der Waals surface area contributed by atoms with Gasteiger partial charge in [-0.1, -0.05) is 0 Å². The lowest BCUT2D eigenvalue weighted by Gasteiger charge is -2.13. The molecule has 2 N–H and O–H groups in total. The Hall–Kier alpha value is -2.87. The van der Waals surface area contributed by atoms with E-state index in [9.17, 15) is 4.79 Å². The molecule has 2 aromatic rings. The summed E-state index contributed by atoms with van der Waals surface area (Å²) in [5, 5.41) is 6.01. The number of hydrogen-bond acceptors (Lipinski definition) is 7. The Kier molecular flexibility index (Phi) is 6.74. The second-order valence-electron chi connectivity index (χ2n) is 5.94. The molecule has 0 saturated carbocycles. The molecule has 0 spiro atoms. The van der Waals surface area contributed by atoms with E-state index >= 15 is 0 Å². The summed E-state index contributed by atoms with van der Waals surface area (Å²) < 4.78 is 10.5. The highest BCUT2D eigenvalue weighted by Gasteiger charge is 2.14. The van der Waals surface area contributed by atoms with Gasteiger partial charge in [-0.15, -0.1) is 0 Å². The number of nitrogens with one attached hydrogen (secondary N) is 2. The number of carbonyl (C=O) groups is 1. The Balaban J connectivity index is 2.18. The van der Waals surface area contributed by atoms with Crippen molar-refractivity contribution < 1.29 is 14.3 Å². The van der Waals surface area contributed by atoms with Crippen molar-refractivity contribution in [3.8, 4) is 11.5 Å². The fourth-order valence-corrected chi connectivity index (χ4v) is 2.28. The number of aryl methyl sites for hydroxylation is 1. The number of carbonyl (C=O) groups excluding carboxylic acids is 1. The first-order valence-corrected chi connectivity index (χ1v) is 8.20. The molecule has 140 valence electrons. The molecule has 8 nitrogen and oxygen atoms in total. The SMILES string of the molecule is COc1ccc(OC)c(NC(=O)c2cc(NCCN(C)C)nc(C)n2)c1. The first-order valence-electron chi connectivity index (χ1n) is 8.20. The number of nitrogens with zero attached hydrogens (tertiary/aromatic N) is 3. The van der Waals surface area contributed by atoms with Crippen molar-refractivity contribution in [2.24, 2.45) is 0 Å². The van der Waals surface area contributed by atoms with Gasteiger partial charge in [0.1, 0.15) is 28.8 Å². The maximum atomic E-state index is 12.6. The monoisotopic (exact) mass is 359 g/mol. The zero-order valence-corrected chi connectivity index (χ0v) is 15.8. The van der Waals surface area contributed by atoms with Crippen LogP contribution in [0.3, 0.4) is 0 Å². The number of anilines is 2. The number of rotatable bonds is 8. The van der Waals surface area contributed by atoms with Crippen LogP contribution in [0.2, 0.25) is 0 Å². The summed E-state index contributed by atoms with van der Waals surface area (Å²) in [6.45, 7) is 3.32. The normalized spacial score (nSPS) is 10.5. The Morgan fingerprint density at radius 1 is 1.15 bits per heavy atom. The molecule has 0 aliphatic rings. The van der Waals surface area contributed by atoms with Gasteiger partial charge in [-0.25, -0.2) is 9.97 Å². The molecule has 0 unspecified atom stereocenters. The largest absolute Gasteiger partial charge is 0.497 e. The van der Waals surface area contributed by atoms with E-state index in [0.29, 0.717) is 35.4 Å². The van der Waals surface area contributed by atoms with Crippen molar-refractivity contribution in [1.82, 2.24) is 14.9 Å². The Morgan fingerprint density at radius 2 is 1.92 bits per heavy atom. The third kappa shape index (κ3) is 5.32. The summed E-state index contributed by atoms with van der Waals surface area (Å²) in [6.07, 6.45) is 0. The number of ether oxygens (including phenoxy) is 2. The minimum absolute atomic E-state index is 0.273. The number of likely N-dealkylation sites (N-methyl/N-ethyl adjacent to an activating group) is 1. The quantitative estimate of drug-likeness (QED) is 0.745. The predicted molar refractivity (Wildman–Crippen MR) is 101 cm³/mol. The molecule has 26 heavy (non-hydrogen) atoms. The van der Waals surface area contributed by atoms with E-state index in [-0.39, 0.29) is 11.6 Å². The molecule has 0 atom stereocenters. The van der Waals surface area contributed by atoms with E-state index in [1.807, 2.05) is 14.1 Å². The number of amides is 1. The lowest BCUT2D eigenvalue weighted by atomic mass is 10.2. The van der Waals surface area contributed by atoms with Crippen LogP contribution in [0.25, 0.3) is 0 Å². The van der Waals surface area contributed by atoms with E-state index < -0.39 is 0 Å². The molecule has 0 aliphatic carbocycles. The number of aromatic nitrogens is 2. The Morgan fingerprint density at radius 3 is 2.58 bits per heavy atom. The van der Waals surface area contributed by atoms with Gasteiger partial charge in [0, 0.05) is 25.2 Å². The highest BCUT2D eigenvalue weighted by Crippen LogP contribution is 2.29. The van der Waals surface area contributed by atoms with Gasteiger partial charge in [-0.2, -0.15) is 0 Å². The summed E-state index contributed by atoms with van der Waals surface area (Å²) in [4.78, 5) is 23.2. The first-order chi connectivity index (χ1) is 12.4. The molecule has 8 heteroatoms. The molecule has 1 amide bonds. The van der Waals surface area contributed by atoms with Gasteiger partial charge in [-0.3, -0.25) is 4.79 Å². The van der Waals surface area contributed by atoms with Crippen molar-refractivity contribution in [3.05, 3.63) is 35.8 Å². The van der Waals surface area contributed by atoms with Gasteiger partial charge in [0.25, 0.3) is 5.91 Å². The van der Waals surface area contributed by atoms with Crippen LogP contribution < -0.4 is 20.1 Å². The Labute approximate surface area is 153 Å². The van der Waals surface area contributed by atoms with Crippen LogP contribution in [0.15, 0.2) is 24.3 Å². The van der Waals surface area contributed by atoms with Gasteiger partial charge in [0.05, 0.1) is 19.9 Å². The summed E-state index contributed by atoms with van der Waals surface area (Å²) >= 11 is 0. The number of hydrogen-bond donors (Lipinski definition) is 2. The maximum Gasteiger partial charge on any atom is 0.274 e. The minimum atomic E-state index is -0.349. The molecular weight excluding hydrogens is 334 g/mol. The number of methoxy groups -OCH3 is 2. The molecule has 0 aliphatic heterocycles.